The van der Waals surface area contributed by atoms with Gasteiger partial charge in [-0.15, -0.1) is 0 Å². The number of carbonyl (C=O) groups is 1. The highest BCUT2D eigenvalue weighted by Gasteiger charge is 2.65. The van der Waals surface area contributed by atoms with Crippen LogP contribution in [0.3, 0.4) is 0 Å². The van der Waals surface area contributed by atoms with Crippen molar-refractivity contribution in [3.63, 3.8) is 0 Å². The minimum Gasteiger partial charge on any atom is -0.431 e. The van der Waals surface area contributed by atoms with E-state index < -0.39 is 17.1 Å². The van der Waals surface area contributed by atoms with E-state index in [4.69, 9.17) is 4.42 Å². The second-order valence-electron chi connectivity index (χ2n) is 10.1. The number of carbonyl (C=O) groups excluding carboxylic acids is 1. The number of fused-ring (bicyclic) bond motifs is 5. The Morgan fingerprint density at radius 3 is 2.72 bits per heavy atom. The third-order valence-corrected chi connectivity index (χ3v) is 9.06. The molecule has 0 aromatic carbocycles. The van der Waals surface area contributed by atoms with Gasteiger partial charge >= 0.3 is 5.63 Å². The van der Waals surface area contributed by atoms with Crippen molar-refractivity contribution >= 4 is 6.29 Å². The quantitative estimate of drug-likeness (QED) is 0.589. The Bertz CT molecular complexity index is 898. The van der Waals surface area contributed by atoms with Crippen molar-refractivity contribution in [2.45, 2.75) is 75.9 Å². The molecule has 0 aliphatic heterocycles. The van der Waals surface area contributed by atoms with Gasteiger partial charge in [0.25, 0.3) is 0 Å². The zero-order valence-electron chi connectivity index (χ0n) is 17.0. The molecule has 5 heteroatoms. The zero-order valence-corrected chi connectivity index (χ0v) is 17.0. The highest BCUT2D eigenvalue weighted by Crippen LogP contribution is 2.67. The molecule has 3 saturated carbocycles. The van der Waals surface area contributed by atoms with Crippen molar-refractivity contribution < 1.29 is 19.4 Å². The Morgan fingerprint density at radius 1 is 1.17 bits per heavy atom. The van der Waals surface area contributed by atoms with Crippen LogP contribution in [0.2, 0.25) is 0 Å². The molecule has 1 aromatic heterocycles. The lowest BCUT2D eigenvalue weighted by atomic mass is 9.44. The summed E-state index contributed by atoms with van der Waals surface area (Å²) in [5.41, 5.74) is 0.342. The topological polar surface area (TPSA) is 87.7 Å². The molecule has 5 nitrogen and oxygen atoms in total. The van der Waals surface area contributed by atoms with Crippen molar-refractivity contribution in [1.29, 1.82) is 0 Å². The second-order valence-corrected chi connectivity index (χ2v) is 10.1. The molecule has 0 radical (unpaired) electrons. The fraction of sp³-hybridized carbons (Fsp3) is 0.667. The maximum absolute atomic E-state index is 12.5. The molecule has 0 amide bonds. The molecule has 4 aliphatic carbocycles. The smallest absolute Gasteiger partial charge is 0.335 e. The van der Waals surface area contributed by atoms with E-state index in [0.717, 1.165) is 37.5 Å². The number of rotatable bonds is 2. The van der Waals surface area contributed by atoms with Crippen molar-refractivity contribution in [1.82, 2.24) is 0 Å². The van der Waals surface area contributed by atoms with Gasteiger partial charge < -0.3 is 19.4 Å². The summed E-state index contributed by atoms with van der Waals surface area (Å²) in [5.74, 6) is 0.720. The number of allylic oxidation sites excluding steroid dienone is 2. The third-order valence-electron chi connectivity index (χ3n) is 9.06. The molecule has 4 aliphatic rings. The van der Waals surface area contributed by atoms with Crippen LogP contribution < -0.4 is 5.63 Å². The molecule has 1 heterocycles. The summed E-state index contributed by atoms with van der Waals surface area (Å²) in [4.78, 5) is 23.9. The van der Waals surface area contributed by atoms with Crippen LogP contribution in [-0.2, 0) is 4.79 Å². The normalized spacial score (nSPS) is 46.2. The number of aliphatic hydroxyl groups excluding tert-OH is 1. The van der Waals surface area contributed by atoms with E-state index in [-0.39, 0.29) is 22.9 Å². The van der Waals surface area contributed by atoms with Gasteiger partial charge in [0.05, 0.1) is 23.4 Å². The number of aliphatic hydroxyl groups is 2. The molecule has 0 saturated heterocycles. The van der Waals surface area contributed by atoms with Crippen molar-refractivity contribution in [2.24, 2.45) is 22.7 Å². The average Bonchev–Trinajstić information content (AvgIpc) is 3.05. The van der Waals surface area contributed by atoms with Gasteiger partial charge in [-0.25, -0.2) is 4.79 Å². The highest BCUT2D eigenvalue weighted by molar-refractivity contribution is 5.64. The van der Waals surface area contributed by atoms with Crippen LogP contribution in [0.15, 0.2) is 39.3 Å². The molecule has 1 aromatic rings. The van der Waals surface area contributed by atoms with Gasteiger partial charge in [-0.2, -0.15) is 0 Å². The summed E-state index contributed by atoms with van der Waals surface area (Å²) in [5, 5.41) is 21.6. The van der Waals surface area contributed by atoms with Crippen LogP contribution in [0.1, 0.15) is 69.8 Å². The van der Waals surface area contributed by atoms with E-state index in [9.17, 15) is 19.8 Å². The summed E-state index contributed by atoms with van der Waals surface area (Å²) in [7, 11) is 0. The Kier molecular flexibility index (Phi) is 4.24. The summed E-state index contributed by atoms with van der Waals surface area (Å²) in [6, 6.07) is 3.39. The Labute approximate surface area is 170 Å². The van der Waals surface area contributed by atoms with Crippen LogP contribution >= 0.6 is 0 Å². The van der Waals surface area contributed by atoms with Crippen LogP contribution in [0.5, 0.6) is 0 Å². The van der Waals surface area contributed by atoms with Gasteiger partial charge in [-0.3, -0.25) is 0 Å². The van der Waals surface area contributed by atoms with E-state index >= 15 is 0 Å². The van der Waals surface area contributed by atoms with Crippen LogP contribution in [0, 0.1) is 22.7 Å². The van der Waals surface area contributed by atoms with Gasteiger partial charge in [0.2, 0.25) is 0 Å². The zero-order chi connectivity index (χ0) is 20.4. The van der Waals surface area contributed by atoms with Gasteiger partial charge in [-0.05, 0) is 79.7 Å². The predicted octanol–water partition coefficient (Wildman–Crippen LogP) is 3.34. The monoisotopic (exact) mass is 398 g/mol. The Balaban J connectivity index is 1.49. The lowest BCUT2D eigenvalue weighted by molar-refractivity contribution is -0.200. The Hall–Kier alpha value is -1.72. The first kappa shape index (κ1) is 19.3. The largest absolute Gasteiger partial charge is 0.431 e. The highest BCUT2D eigenvalue weighted by atomic mass is 16.4. The van der Waals surface area contributed by atoms with E-state index in [1.165, 1.54) is 11.6 Å². The molecule has 29 heavy (non-hydrogen) atoms. The molecule has 156 valence electrons. The first-order valence-electron chi connectivity index (χ1n) is 11.0. The van der Waals surface area contributed by atoms with Crippen molar-refractivity contribution in [2.75, 3.05) is 0 Å². The molecule has 3 fully saturated rings. The molecular weight excluding hydrogens is 368 g/mol. The molecule has 0 unspecified atom stereocenters. The second kappa shape index (κ2) is 6.39. The lowest BCUT2D eigenvalue weighted by Gasteiger charge is -2.61. The summed E-state index contributed by atoms with van der Waals surface area (Å²) < 4.78 is 5.15. The minimum atomic E-state index is -1.08. The first-order chi connectivity index (χ1) is 13.8. The predicted molar refractivity (Wildman–Crippen MR) is 107 cm³/mol. The summed E-state index contributed by atoms with van der Waals surface area (Å²) >= 11 is 0. The van der Waals surface area contributed by atoms with Crippen molar-refractivity contribution in [3.8, 4) is 0 Å². The molecule has 2 N–H and O–H groups in total. The van der Waals surface area contributed by atoms with Crippen LogP contribution in [0.4, 0.5) is 0 Å². The van der Waals surface area contributed by atoms with Gasteiger partial charge in [0.15, 0.2) is 0 Å². The van der Waals surface area contributed by atoms with E-state index in [0.29, 0.717) is 31.6 Å². The average molecular weight is 398 g/mol. The van der Waals surface area contributed by atoms with Gasteiger partial charge in [0.1, 0.15) is 6.29 Å². The fourth-order valence-corrected chi connectivity index (χ4v) is 7.59. The number of hydrogen-bond acceptors (Lipinski definition) is 5. The molecule has 0 spiro atoms. The van der Waals surface area contributed by atoms with Gasteiger partial charge in [-0.1, -0.05) is 18.6 Å². The van der Waals surface area contributed by atoms with E-state index in [1.807, 2.05) is 6.07 Å². The van der Waals surface area contributed by atoms with Crippen LogP contribution in [-0.4, -0.2) is 28.2 Å². The molecule has 7 atom stereocenters. The molecule has 5 rings (SSSR count). The maximum atomic E-state index is 12.5. The summed E-state index contributed by atoms with van der Waals surface area (Å²) in [6.45, 7) is 2.32. The van der Waals surface area contributed by atoms with Gasteiger partial charge in [0, 0.05) is 12.5 Å². The fourth-order valence-electron chi connectivity index (χ4n) is 7.59. The maximum Gasteiger partial charge on any atom is 0.335 e. The SMILES string of the molecule is C[C@]12CC[C@@H]3[C@@H](CC[C@@]4(O)C[C@@H](O)CC[C@]34C=O)C1=CC[C@H]2c1ccc(=O)oc1. The Morgan fingerprint density at radius 2 is 2.00 bits per heavy atom. The standard InChI is InChI=1S/C24H30O5/c1-22-9-8-20-17(7-11-24(28)12-16(26)6-10-23(20,24)14-25)19(22)4-3-18(22)15-2-5-21(27)29-13-15/h2,4-5,13-14,16-18,20,26,28H,3,6-12H2,1H3/t16-,17-,18-,20+,22+,23-,24+/m0/s1. The van der Waals surface area contributed by atoms with Crippen molar-refractivity contribution in [3.05, 3.63) is 46.0 Å². The molecule has 0 bridgehead atoms. The molecular formula is C24H30O5. The first-order valence-corrected chi connectivity index (χ1v) is 11.0. The van der Waals surface area contributed by atoms with Crippen LogP contribution in [0.25, 0.3) is 0 Å². The number of aldehydes is 1. The number of hydrogen-bond donors (Lipinski definition) is 2. The lowest BCUT2D eigenvalue weighted by Crippen LogP contribution is -2.64. The third kappa shape index (κ3) is 2.53. The van der Waals surface area contributed by atoms with E-state index in [2.05, 4.69) is 13.0 Å². The summed E-state index contributed by atoms with van der Waals surface area (Å²) in [6.07, 6.45) is 10.2. The minimum absolute atomic E-state index is 0.00516. The van der Waals surface area contributed by atoms with E-state index in [1.54, 1.807) is 6.26 Å².